The van der Waals surface area contributed by atoms with Crippen LogP contribution >= 0.6 is 0 Å². The van der Waals surface area contributed by atoms with Crippen LogP contribution in [0.25, 0.3) is 0 Å². The summed E-state index contributed by atoms with van der Waals surface area (Å²) in [7, 11) is 0. The van der Waals surface area contributed by atoms with Gasteiger partial charge in [0.25, 0.3) is 0 Å². The smallest absolute Gasteiger partial charge is 0.136 e. The van der Waals surface area contributed by atoms with E-state index in [0.29, 0.717) is 25.2 Å². The fourth-order valence-electron chi connectivity index (χ4n) is 2.33. The molecule has 0 aliphatic carbocycles. The molecule has 2 rings (SSSR count). The highest BCUT2D eigenvalue weighted by Crippen LogP contribution is 2.32. The first-order chi connectivity index (χ1) is 8.09. The van der Waals surface area contributed by atoms with Crippen LogP contribution in [0.2, 0.25) is 0 Å². The molecule has 2 heterocycles. The number of alkyl halides is 1. The fourth-order valence-corrected chi connectivity index (χ4v) is 2.33. The van der Waals surface area contributed by atoms with Crippen molar-refractivity contribution in [3.8, 4) is 0 Å². The molecule has 0 spiro atoms. The van der Waals surface area contributed by atoms with Crippen molar-refractivity contribution in [1.82, 2.24) is 10.3 Å². The molecule has 1 fully saturated rings. The normalized spacial score (nSPS) is 24.3. The van der Waals surface area contributed by atoms with E-state index in [0.717, 1.165) is 12.1 Å². The molecule has 0 amide bonds. The Morgan fingerprint density at radius 3 is 3.12 bits per heavy atom. The monoisotopic (exact) mass is 238 g/mol. The standard InChI is InChI=1S/C13H19FN2O/c1-10-3-4-15-8-12(10)13(2,14)7-11-9-17-6-5-16-11/h3-4,8,11,16H,5-7,9H2,1-2H3. The number of halogens is 1. The average Bonchev–Trinajstić information content (AvgIpc) is 2.30. The molecule has 1 aliphatic heterocycles. The predicted octanol–water partition coefficient (Wildman–Crippen LogP) is 1.95. The summed E-state index contributed by atoms with van der Waals surface area (Å²) in [6.45, 7) is 5.63. The van der Waals surface area contributed by atoms with E-state index in [1.54, 1.807) is 19.3 Å². The number of pyridine rings is 1. The molecule has 0 bridgehead atoms. The van der Waals surface area contributed by atoms with E-state index >= 15 is 0 Å². The van der Waals surface area contributed by atoms with Gasteiger partial charge in [0, 0.05) is 37.0 Å². The zero-order valence-corrected chi connectivity index (χ0v) is 10.4. The van der Waals surface area contributed by atoms with Gasteiger partial charge in [-0.1, -0.05) is 0 Å². The van der Waals surface area contributed by atoms with E-state index < -0.39 is 5.67 Å². The highest BCUT2D eigenvalue weighted by atomic mass is 19.1. The molecule has 2 unspecified atom stereocenters. The molecule has 0 radical (unpaired) electrons. The van der Waals surface area contributed by atoms with E-state index in [2.05, 4.69) is 10.3 Å². The molecule has 2 atom stereocenters. The molecule has 1 N–H and O–H groups in total. The number of ether oxygens (including phenoxy) is 1. The summed E-state index contributed by atoms with van der Waals surface area (Å²) < 4.78 is 20.1. The number of hydrogen-bond donors (Lipinski definition) is 1. The maximum atomic E-state index is 14.7. The van der Waals surface area contributed by atoms with Crippen molar-refractivity contribution in [2.45, 2.75) is 32.0 Å². The summed E-state index contributed by atoms with van der Waals surface area (Å²) >= 11 is 0. The van der Waals surface area contributed by atoms with Crippen LogP contribution < -0.4 is 5.32 Å². The van der Waals surface area contributed by atoms with Gasteiger partial charge in [-0.05, 0) is 25.5 Å². The SMILES string of the molecule is Cc1ccncc1C(C)(F)CC1COCCN1. The van der Waals surface area contributed by atoms with Gasteiger partial charge < -0.3 is 10.1 Å². The number of hydrogen-bond acceptors (Lipinski definition) is 3. The van der Waals surface area contributed by atoms with Gasteiger partial charge in [-0.2, -0.15) is 0 Å². The number of nitrogens with zero attached hydrogens (tertiary/aromatic N) is 1. The number of aryl methyl sites for hydroxylation is 1. The Bertz CT molecular complexity index is 375. The quantitative estimate of drug-likeness (QED) is 0.874. The topological polar surface area (TPSA) is 34.1 Å². The first-order valence-corrected chi connectivity index (χ1v) is 6.01. The van der Waals surface area contributed by atoms with Gasteiger partial charge in [-0.15, -0.1) is 0 Å². The summed E-state index contributed by atoms with van der Waals surface area (Å²) in [4.78, 5) is 4.01. The van der Waals surface area contributed by atoms with Gasteiger partial charge in [-0.25, -0.2) is 4.39 Å². The van der Waals surface area contributed by atoms with E-state index in [9.17, 15) is 4.39 Å². The maximum absolute atomic E-state index is 14.7. The van der Waals surface area contributed by atoms with Crippen molar-refractivity contribution in [3.05, 3.63) is 29.6 Å². The van der Waals surface area contributed by atoms with Crippen molar-refractivity contribution in [3.63, 3.8) is 0 Å². The third-order valence-corrected chi connectivity index (χ3v) is 3.23. The largest absolute Gasteiger partial charge is 0.379 e. The van der Waals surface area contributed by atoms with Gasteiger partial charge in [0.05, 0.1) is 13.2 Å². The van der Waals surface area contributed by atoms with Gasteiger partial charge >= 0.3 is 0 Å². The van der Waals surface area contributed by atoms with Crippen molar-refractivity contribution >= 4 is 0 Å². The van der Waals surface area contributed by atoms with Gasteiger partial charge in [0.2, 0.25) is 0 Å². The Hall–Kier alpha value is -1.00. The molecule has 0 aromatic carbocycles. The van der Waals surface area contributed by atoms with Crippen molar-refractivity contribution in [2.75, 3.05) is 19.8 Å². The molecule has 1 saturated heterocycles. The highest BCUT2D eigenvalue weighted by Gasteiger charge is 2.32. The Morgan fingerprint density at radius 1 is 1.65 bits per heavy atom. The van der Waals surface area contributed by atoms with E-state index in [-0.39, 0.29) is 6.04 Å². The summed E-state index contributed by atoms with van der Waals surface area (Å²) in [5.74, 6) is 0. The minimum atomic E-state index is -1.36. The van der Waals surface area contributed by atoms with Crippen LogP contribution in [0.15, 0.2) is 18.5 Å². The summed E-state index contributed by atoms with van der Waals surface area (Å²) in [6.07, 6.45) is 3.73. The Kier molecular flexibility index (Phi) is 3.74. The van der Waals surface area contributed by atoms with Crippen LogP contribution in [-0.2, 0) is 10.4 Å². The first kappa shape index (κ1) is 12.5. The number of morpholine rings is 1. The van der Waals surface area contributed by atoms with E-state index in [1.165, 1.54) is 0 Å². The molecule has 1 aromatic heterocycles. The molecule has 94 valence electrons. The Balaban J connectivity index is 2.10. The molecule has 1 aromatic rings. The molecule has 0 saturated carbocycles. The van der Waals surface area contributed by atoms with Crippen molar-refractivity contribution < 1.29 is 9.13 Å². The molecule has 1 aliphatic rings. The highest BCUT2D eigenvalue weighted by molar-refractivity contribution is 5.27. The maximum Gasteiger partial charge on any atom is 0.136 e. The second-order valence-electron chi connectivity index (χ2n) is 4.82. The molecular formula is C13H19FN2O. The number of rotatable bonds is 3. The van der Waals surface area contributed by atoms with Gasteiger partial charge in [0.1, 0.15) is 5.67 Å². The minimum absolute atomic E-state index is 0.0818. The predicted molar refractivity (Wildman–Crippen MR) is 64.7 cm³/mol. The Morgan fingerprint density at radius 2 is 2.47 bits per heavy atom. The lowest BCUT2D eigenvalue weighted by Crippen LogP contribution is -2.44. The molecular weight excluding hydrogens is 219 g/mol. The van der Waals surface area contributed by atoms with Crippen LogP contribution in [0.3, 0.4) is 0 Å². The second kappa shape index (κ2) is 5.10. The lowest BCUT2D eigenvalue weighted by atomic mass is 9.89. The average molecular weight is 238 g/mol. The Labute approximate surface area is 101 Å². The summed E-state index contributed by atoms with van der Waals surface area (Å²) in [5.41, 5.74) is 0.255. The molecule has 4 heteroatoms. The molecule has 3 nitrogen and oxygen atoms in total. The summed E-state index contributed by atoms with van der Waals surface area (Å²) in [6, 6.07) is 1.93. The van der Waals surface area contributed by atoms with Crippen LogP contribution in [0.1, 0.15) is 24.5 Å². The lowest BCUT2D eigenvalue weighted by molar-refractivity contribution is 0.0472. The van der Waals surface area contributed by atoms with E-state index in [1.807, 2.05) is 13.0 Å². The van der Waals surface area contributed by atoms with Crippen LogP contribution in [-0.4, -0.2) is 30.8 Å². The third kappa shape index (κ3) is 3.01. The third-order valence-electron chi connectivity index (χ3n) is 3.23. The van der Waals surface area contributed by atoms with Crippen LogP contribution in [0.4, 0.5) is 4.39 Å². The summed E-state index contributed by atoms with van der Waals surface area (Å²) in [5, 5.41) is 3.28. The lowest BCUT2D eigenvalue weighted by Gasteiger charge is -2.30. The minimum Gasteiger partial charge on any atom is -0.379 e. The van der Waals surface area contributed by atoms with Gasteiger partial charge in [-0.3, -0.25) is 4.98 Å². The molecule has 17 heavy (non-hydrogen) atoms. The van der Waals surface area contributed by atoms with E-state index in [4.69, 9.17) is 4.74 Å². The zero-order valence-electron chi connectivity index (χ0n) is 10.4. The van der Waals surface area contributed by atoms with Crippen molar-refractivity contribution in [1.29, 1.82) is 0 Å². The number of nitrogens with one attached hydrogen (secondary N) is 1. The van der Waals surface area contributed by atoms with Gasteiger partial charge in [0.15, 0.2) is 0 Å². The first-order valence-electron chi connectivity index (χ1n) is 6.01. The van der Waals surface area contributed by atoms with Crippen LogP contribution in [0.5, 0.6) is 0 Å². The second-order valence-corrected chi connectivity index (χ2v) is 4.82. The fraction of sp³-hybridized carbons (Fsp3) is 0.615. The number of aromatic nitrogens is 1. The van der Waals surface area contributed by atoms with Crippen molar-refractivity contribution in [2.24, 2.45) is 0 Å². The van der Waals surface area contributed by atoms with Crippen LogP contribution in [0, 0.1) is 6.92 Å². The zero-order chi connectivity index (χ0) is 12.3.